The van der Waals surface area contributed by atoms with E-state index in [0.717, 1.165) is 11.1 Å². The predicted molar refractivity (Wildman–Crippen MR) is 98.0 cm³/mol. The molecule has 0 atom stereocenters. The van der Waals surface area contributed by atoms with E-state index < -0.39 is 21.0 Å². The van der Waals surface area contributed by atoms with Crippen LogP contribution in [0.5, 0.6) is 5.75 Å². The summed E-state index contributed by atoms with van der Waals surface area (Å²) in [5.74, 6) is -0.611. The van der Waals surface area contributed by atoms with Crippen LogP contribution in [0.1, 0.15) is 65.2 Å². The molecule has 0 spiro atoms. The number of carbonyl (C=O) groups is 1. The molecule has 1 aliphatic heterocycles. The van der Waals surface area contributed by atoms with Gasteiger partial charge in [0.1, 0.15) is 0 Å². The van der Waals surface area contributed by atoms with Crippen molar-refractivity contribution in [3.63, 3.8) is 0 Å². The van der Waals surface area contributed by atoms with Gasteiger partial charge in [0.15, 0.2) is 10.7 Å². The summed E-state index contributed by atoms with van der Waals surface area (Å²) >= 11 is 0. The number of esters is 1. The minimum Gasteiger partial charge on any atom is -0.462 e. The molecule has 1 aromatic rings. The minimum absolute atomic E-state index is 0.0911. The third-order valence-electron chi connectivity index (χ3n) is 4.02. The lowest BCUT2D eigenvalue weighted by Crippen LogP contribution is -2.26. The van der Waals surface area contributed by atoms with Gasteiger partial charge in [0.25, 0.3) is 0 Å². The van der Waals surface area contributed by atoms with E-state index in [1.807, 2.05) is 32.9 Å². The summed E-state index contributed by atoms with van der Waals surface area (Å²) in [5, 5.41) is 0. The molecule has 5 nitrogen and oxygen atoms in total. The number of carbonyl (C=O) groups excluding carboxylic acids is 1. The predicted octanol–water partition coefficient (Wildman–Crippen LogP) is 3.91. The number of ether oxygens (including phenoxy) is 1. The Morgan fingerprint density at radius 3 is 2.16 bits per heavy atom. The molecular formula is C19H26O5S. The Morgan fingerprint density at radius 2 is 1.68 bits per heavy atom. The maximum Gasteiger partial charge on any atom is 0.353 e. The number of rotatable bonds is 2. The van der Waals surface area contributed by atoms with E-state index in [0.29, 0.717) is 5.56 Å². The molecule has 0 fully saturated rings. The van der Waals surface area contributed by atoms with Crippen molar-refractivity contribution >= 4 is 22.2 Å². The normalized spacial score (nSPS) is 16.5. The highest BCUT2D eigenvalue weighted by molar-refractivity contribution is 7.92. The zero-order valence-corrected chi connectivity index (χ0v) is 16.7. The molecule has 1 aliphatic rings. The van der Waals surface area contributed by atoms with Gasteiger partial charge in [-0.15, -0.1) is 0 Å². The summed E-state index contributed by atoms with van der Waals surface area (Å²) in [6.07, 6.45) is 1.36. The Bertz CT molecular complexity index is 834. The van der Waals surface area contributed by atoms with Crippen LogP contribution >= 0.6 is 0 Å². The fraction of sp³-hybridized carbons (Fsp3) is 0.526. The fourth-order valence-electron chi connectivity index (χ4n) is 2.57. The van der Waals surface area contributed by atoms with Gasteiger partial charge in [0.2, 0.25) is 0 Å². The van der Waals surface area contributed by atoms with Crippen molar-refractivity contribution in [3.05, 3.63) is 33.7 Å². The SMILES string of the molecule is CCOC(=O)C1=Cc2cc(C(C)(C)C)cc(C(C)(C)C)c2OS1(=O)=O. The molecule has 0 aliphatic carbocycles. The second-order valence-electron chi connectivity index (χ2n) is 8.21. The van der Waals surface area contributed by atoms with Crippen LogP contribution < -0.4 is 4.18 Å². The first-order chi connectivity index (χ1) is 11.3. The molecule has 0 aromatic heterocycles. The smallest absolute Gasteiger partial charge is 0.353 e. The lowest BCUT2D eigenvalue weighted by atomic mass is 9.79. The van der Waals surface area contributed by atoms with Crippen LogP contribution in [0.2, 0.25) is 0 Å². The second-order valence-corrected chi connectivity index (χ2v) is 9.72. The zero-order chi connectivity index (χ0) is 19.2. The van der Waals surface area contributed by atoms with Gasteiger partial charge in [-0.2, -0.15) is 8.42 Å². The standard InChI is InChI=1S/C19H26O5S/c1-8-23-17(20)15-10-12-9-13(18(2,3)4)11-14(19(5,6)7)16(12)24-25(15,21)22/h9-11H,8H2,1-7H3. The monoisotopic (exact) mass is 366 g/mol. The van der Waals surface area contributed by atoms with Crippen LogP contribution in [0, 0.1) is 0 Å². The molecule has 0 bridgehead atoms. The van der Waals surface area contributed by atoms with Crippen LogP contribution in [0.3, 0.4) is 0 Å². The molecule has 0 amide bonds. The van der Waals surface area contributed by atoms with E-state index in [1.165, 1.54) is 6.08 Å². The first-order valence-corrected chi connectivity index (χ1v) is 9.70. The van der Waals surface area contributed by atoms with Crippen molar-refractivity contribution in [2.45, 2.75) is 59.3 Å². The summed E-state index contributed by atoms with van der Waals surface area (Å²) in [5.41, 5.74) is 1.95. The molecule has 1 aromatic carbocycles. The van der Waals surface area contributed by atoms with E-state index >= 15 is 0 Å². The van der Waals surface area contributed by atoms with E-state index in [4.69, 9.17) is 8.92 Å². The van der Waals surface area contributed by atoms with Crippen LogP contribution in [0.25, 0.3) is 6.08 Å². The molecule has 2 rings (SSSR count). The van der Waals surface area contributed by atoms with Gasteiger partial charge < -0.3 is 8.92 Å². The Balaban J connectivity index is 2.79. The van der Waals surface area contributed by atoms with Crippen LogP contribution in [0.4, 0.5) is 0 Å². The van der Waals surface area contributed by atoms with E-state index in [1.54, 1.807) is 6.92 Å². The van der Waals surface area contributed by atoms with Gasteiger partial charge in [0, 0.05) is 11.1 Å². The molecule has 1 heterocycles. The van der Waals surface area contributed by atoms with Crippen molar-refractivity contribution in [1.29, 1.82) is 0 Å². The van der Waals surface area contributed by atoms with E-state index in [2.05, 4.69) is 20.8 Å². The van der Waals surface area contributed by atoms with Gasteiger partial charge in [-0.05, 0) is 35.5 Å². The van der Waals surface area contributed by atoms with Gasteiger partial charge in [-0.1, -0.05) is 47.6 Å². The average molecular weight is 366 g/mol. The molecule has 6 heteroatoms. The number of fused-ring (bicyclic) bond motifs is 1. The largest absolute Gasteiger partial charge is 0.462 e. The molecule has 0 N–H and O–H groups in total. The Labute approximate surface area is 150 Å². The van der Waals surface area contributed by atoms with E-state index in [9.17, 15) is 13.2 Å². The van der Waals surface area contributed by atoms with E-state index in [-0.39, 0.29) is 23.2 Å². The summed E-state index contributed by atoms with van der Waals surface area (Å²) in [7, 11) is -4.20. The van der Waals surface area contributed by atoms with Gasteiger partial charge in [-0.25, -0.2) is 4.79 Å². The highest BCUT2D eigenvalue weighted by atomic mass is 32.2. The van der Waals surface area contributed by atoms with Gasteiger partial charge in [0.05, 0.1) is 6.61 Å². The highest BCUT2D eigenvalue weighted by Gasteiger charge is 2.36. The fourth-order valence-corrected chi connectivity index (χ4v) is 3.60. The summed E-state index contributed by atoms with van der Waals surface area (Å²) in [4.78, 5) is 11.6. The molecule has 0 radical (unpaired) electrons. The lowest BCUT2D eigenvalue weighted by molar-refractivity contribution is -0.137. The summed E-state index contributed by atoms with van der Waals surface area (Å²) in [6.45, 7) is 13.9. The third kappa shape index (κ3) is 3.89. The van der Waals surface area contributed by atoms with Crippen molar-refractivity contribution in [2.75, 3.05) is 6.61 Å². The minimum atomic E-state index is -4.20. The first kappa shape index (κ1) is 19.5. The molecule has 25 heavy (non-hydrogen) atoms. The Hall–Kier alpha value is -1.82. The van der Waals surface area contributed by atoms with Crippen molar-refractivity contribution in [3.8, 4) is 5.75 Å². The quantitative estimate of drug-likeness (QED) is 0.586. The van der Waals surface area contributed by atoms with Crippen LogP contribution in [0.15, 0.2) is 17.0 Å². The Kier molecular flexibility index (Phi) is 4.81. The average Bonchev–Trinajstić information content (AvgIpc) is 2.42. The number of hydrogen-bond acceptors (Lipinski definition) is 5. The second kappa shape index (κ2) is 6.16. The lowest BCUT2D eigenvalue weighted by Gasteiger charge is -2.30. The Morgan fingerprint density at radius 1 is 1.08 bits per heavy atom. The topological polar surface area (TPSA) is 69.7 Å². The third-order valence-corrected chi connectivity index (χ3v) is 5.23. The van der Waals surface area contributed by atoms with Gasteiger partial charge >= 0.3 is 16.1 Å². The summed E-state index contributed by atoms with van der Waals surface area (Å²) < 4.78 is 35.0. The molecule has 0 unspecified atom stereocenters. The highest BCUT2D eigenvalue weighted by Crippen LogP contribution is 2.42. The molecule has 138 valence electrons. The maximum atomic E-state index is 12.4. The molecule has 0 saturated heterocycles. The zero-order valence-electron chi connectivity index (χ0n) is 15.9. The molecule has 0 saturated carbocycles. The number of benzene rings is 1. The van der Waals surface area contributed by atoms with Gasteiger partial charge in [-0.3, -0.25) is 0 Å². The van der Waals surface area contributed by atoms with Crippen LogP contribution in [-0.2, 0) is 30.5 Å². The first-order valence-electron chi connectivity index (χ1n) is 8.29. The van der Waals surface area contributed by atoms with Crippen LogP contribution in [-0.4, -0.2) is 21.0 Å². The summed E-state index contributed by atoms with van der Waals surface area (Å²) in [6, 6.07) is 3.86. The van der Waals surface area contributed by atoms with Crippen molar-refractivity contribution < 1.29 is 22.1 Å². The van der Waals surface area contributed by atoms with Crippen molar-refractivity contribution in [1.82, 2.24) is 0 Å². The van der Waals surface area contributed by atoms with Crippen molar-refractivity contribution in [2.24, 2.45) is 0 Å². The maximum absolute atomic E-state index is 12.4. The number of hydrogen-bond donors (Lipinski definition) is 0. The molecular weight excluding hydrogens is 340 g/mol.